The van der Waals surface area contributed by atoms with Crippen LogP contribution < -0.4 is 5.73 Å². The van der Waals surface area contributed by atoms with Crippen LogP contribution in [0.4, 0.5) is 11.4 Å². The first-order chi connectivity index (χ1) is 8.54. The lowest BCUT2D eigenvalue weighted by atomic mass is 10.2. The number of nitrogen functional groups attached to an aromatic ring is 1. The summed E-state index contributed by atoms with van der Waals surface area (Å²) < 4.78 is 0. The van der Waals surface area contributed by atoms with E-state index in [0.717, 1.165) is 9.79 Å². The van der Waals surface area contributed by atoms with E-state index in [9.17, 15) is 10.1 Å². The molecule has 0 radical (unpaired) electrons. The van der Waals surface area contributed by atoms with E-state index in [-0.39, 0.29) is 5.69 Å². The number of nitro benzene ring substituents is 1. The third-order valence-electron chi connectivity index (χ3n) is 2.38. The number of aryl methyl sites for hydroxylation is 1. The first-order valence-corrected chi connectivity index (χ1v) is 6.16. The molecule has 0 aliphatic carbocycles. The van der Waals surface area contributed by atoms with Crippen LogP contribution in [0.1, 0.15) is 5.56 Å². The fourth-order valence-electron chi connectivity index (χ4n) is 1.51. The monoisotopic (exact) mass is 260 g/mol. The number of nitrogens with zero attached hydrogens (tertiary/aromatic N) is 1. The second-order valence-electron chi connectivity index (χ2n) is 3.93. The molecule has 0 fully saturated rings. The van der Waals surface area contributed by atoms with Gasteiger partial charge in [-0.2, -0.15) is 0 Å². The molecule has 0 aliphatic rings. The van der Waals surface area contributed by atoms with Gasteiger partial charge in [-0.25, -0.2) is 0 Å². The number of non-ortho nitro benzene ring substituents is 1. The van der Waals surface area contributed by atoms with E-state index >= 15 is 0 Å². The Hall–Kier alpha value is -2.01. The van der Waals surface area contributed by atoms with Crippen molar-refractivity contribution in [2.24, 2.45) is 0 Å². The third-order valence-corrected chi connectivity index (χ3v) is 3.36. The first-order valence-electron chi connectivity index (χ1n) is 5.34. The molecule has 18 heavy (non-hydrogen) atoms. The van der Waals surface area contributed by atoms with Crippen LogP contribution >= 0.6 is 11.8 Å². The molecule has 4 nitrogen and oxygen atoms in total. The van der Waals surface area contributed by atoms with E-state index in [1.807, 2.05) is 31.2 Å². The van der Waals surface area contributed by atoms with Crippen LogP contribution in [0.2, 0.25) is 0 Å². The summed E-state index contributed by atoms with van der Waals surface area (Å²) in [5, 5.41) is 10.7. The molecule has 0 bridgehead atoms. The molecule has 92 valence electrons. The summed E-state index contributed by atoms with van der Waals surface area (Å²) in [5.41, 5.74) is 7.26. The summed E-state index contributed by atoms with van der Waals surface area (Å²) in [6.07, 6.45) is 0. The molecule has 2 rings (SSSR count). The number of hydrogen-bond donors (Lipinski definition) is 1. The number of nitrogens with two attached hydrogens (primary N) is 1. The minimum atomic E-state index is -0.435. The molecule has 0 amide bonds. The molecule has 0 saturated heterocycles. The van der Waals surface area contributed by atoms with Gasteiger partial charge in [0.05, 0.1) is 4.92 Å². The number of benzene rings is 2. The van der Waals surface area contributed by atoms with Crippen LogP contribution in [0, 0.1) is 17.0 Å². The van der Waals surface area contributed by atoms with E-state index in [0.29, 0.717) is 5.69 Å². The van der Waals surface area contributed by atoms with Crippen molar-refractivity contribution in [1.29, 1.82) is 0 Å². The van der Waals surface area contributed by atoms with Crippen molar-refractivity contribution in [3.05, 3.63) is 58.1 Å². The number of anilines is 1. The first kappa shape index (κ1) is 12.4. The van der Waals surface area contributed by atoms with Crippen LogP contribution in [-0.4, -0.2) is 4.92 Å². The third kappa shape index (κ3) is 3.01. The van der Waals surface area contributed by atoms with Crippen molar-refractivity contribution >= 4 is 23.1 Å². The van der Waals surface area contributed by atoms with E-state index < -0.39 is 4.92 Å². The minimum Gasteiger partial charge on any atom is -0.398 e. The average molecular weight is 260 g/mol. The van der Waals surface area contributed by atoms with E-state index in [1.54, 1.807) is 6.07 Å². The SMILES string of the molecule is Cc1ccc(Sc2cc(N)cc([N+](=O)[O-])c2)cc1. The zero-order valence-electron chi connectivity index (χ0n) is 9.79. The molecule has 2 aromatic rings. The van der Waals surface area contributed by atoms with Crippen molar-refractivity contribution in [2.45, 2.75) is 16.7 Å². The van der Waals surface area contributed by atoms with Gasteiger partial charge in [-0.05, 0) is 25.1 Å². The van der Waals surface area contributed by atoms with Gasteiger partial charge in [0.2, 0.25) is 0 Å². The van der Waals surface area contributed by atoms with Crippen molar-refractivity contribution in [2.75, 3.05) is 5.73 Å². The summed E-state index contributed by atoms with van der Waals surface area (Å²) in [6.45, 7) is 2.01. The molecule has 0 aliphatic heterocycles. The predicted octanol–water partition coefficient (Wildman–Crippen LogP) is 3.64. The van der Waals surface area contributed by atoms with Gasteiger partial charge < -0.3 is 5.73 Å². The Morgan fingerprint density at radius 3 is 2.39 bits per heavy atom. The highest BCUT2D eigenvalue weighted by molar-refractivity contribution is 7.99. The van der Waals surface area contributed by atoms with Gasteiger partial charge in [0, 0.05) is 27.6 Å². The molecule has 2 aromatic carbocycles. The summed E-state index contributed by atoms with van der Waals surface area (Å²) >= 11 is 1.46. The Balaban J connectivity index is 2.28. The second kappa shape index (κ2) is 5.10. The molecule has 0 aromatic heterocycles. The Morgan fingerprint density at radius 1 is 1.11 bits per heavy atom. The van der Waals surface area contributed by atoms with Crippen molar-refractivity contribution in [1.82, 2.24) is 0 Å². The van der Waals surface area contributed by atoms with E-state index in [4.69, 9.17) is 5.73 Å². The van der Waals surface area contributed by atoms with Gasteiger partial charge in [0.25, 0.3) is 5.69 Å². The highest BCUT2D eigenvalue weighted by Gasteiger charge is 2.09. The highest BCUT2D eigenvalue weighted by atomic mass is 32.2. The van der Waals surface area contributed by atoms with Gasteiger partial charge >= 0.3 is 0 Å². The molecular formula is C13H12N2O2S. The zero-order valence-corrected chi connectivity index (χ0v) is 10.6. The highest BCUT2D eigenvalue weighted by Crippen LogP contribution is 2.32. The van der Waals surface area contributed by atoms with Crippen LogP contribution in [0.25, 0.3) is 0 Å². The topological polar surface area (TPSA) is 69.2 Å². The summed E-state index contributed by atoms with van der Waals surface area (Å²) in [7, 11) is 0. The van der Waals surface area contributed by atoms with Crippen LogP contribution in [-0.2, 0) is 0 Å². The largest absolute Gasteiger partial charge is 0.398 e. The molecule has 0 unspecified atom stereocenters. The fourth-order valence-corrected chi connectivity index (χ4v) is 2.43. The van der Waals surface area contributed by atoms with Crippen molar-refractivity contribution in [3.63, 3.8) is 0 Å². The van der Waals surface area contributed by atoms with Gasteiger partial charge in [0.15, 0.2) is 0 Å². The number of nitro groups is 1. The van der Waals surface area contributed by atoms with Crippen LogP contribution in [0.5, 0.6) is 0 Å². The Labute approximate surface area is 109 Å². The normalized spacial score (nSPS) is 10.3. The lowest BCUT2D eigenvalue weighted by molar-refractivity contribution is -0.385. The number of rotatable bonds is 3. The maximum atomic E-state index is 10.7. The smallest absolute Gasteiger partial charge is 0.272 e. The standard InChI is InChI=1S/C13H12N2O2S/c1-9-2-4-12(5-3-9)18-13-7-10(14)6-11(8-13)15(16)17/h2-8H,14H2,1H3. The molecule has 5 heteroatoms. The summed E-state index contributed by atoms with van der Waals surface area (Å²) in [5.74, 6) is 0. The summed E-state index contributed by atoms with van der Waals surface area (Å²) in [6, 6.07) is 12.6. The van der Waals surface area contributed by atoms with Crippen molar-refractivity contribution < 1.29 is 4.92 Å². The Morgan fingerprint density at radius 2 is 1.78 bits per heavy atom. The van der Waals surface area contributed by atoms with Crippen LogP contribution in [0.15, 0.2) is 52.3 Å². The molecule has 2 N–H and O–H groups in total. The van der Waals surface area contributed by atoms with Crippen LogP contribution in [0.3, 0.4) is 0 Å². The zero-order chi connectivity index (χ0) is 13.1. The lowest BCUT2D eigenvalue weighted by Crippen LogP contribution is -1.92. The van der Waals surface area contributed by atoms with Gasteiger partial charge in [0.1, 0.15) is 0 Å². The van der Waals surface area contributed by atoms with Gasteiger partial charge in [-0.3, -0.25) is 10.1 Å². The molecular weight excluding hydrogens is 248 g/mol. The quantitative estimate of drug-likeness (QED) is 0.519. The molecule has 0 atom stereocenters. The second-order valence-corrected chi connectivity index (χ2v) is 5.08. The maximum absolute atomic E-state index is 10.7. The molecule has 0 saturated carbocycles. The Kier molecular flexibility index (Phi) is 3.53. The van der Waals surface area contributed by atoms with E-state index in [2.05, 4.69) is 0 Å². The van der Waals surface area contributed by atoms with Gasteiger partial charge in [-0.15, -0.1) is 0 Å². The molecule has 0 heterocycles. The summed E-state index contributed by atoms with van der Waals surface area (Å²) in [4.78, 5) is 12.1. The predicted molar refractivity (Wildman–Crippen MR) is 72.8 cm³/mol. The lowest BCUT2D eigenvalue weighted by Gasteiger charge is -2.03. The minimum absolute atomic E-state index is 0.0182. The van der Waals surface area contributed by atoms with Gasteiger partial charge in [-0.1, -0.05) is 29.5 Å². The molecule has 0 spiro atoms. The fraction of sp³-hybridized carbons (Fsp3) is 0.0769. The Bertz CT molecular complexity index is 582. The van der Waals surface area contributed by atoms with Crippen molar-refractivity contribution in [3.8, 4) is 0 Å². The maximum Gasteiger partial charge on any atom is 0.272 e. The average Bonchev–Trinajstić information content (AvgIpc) is 2.31. The van der Waals surface area contributed by atoms with E-state index in [1.165, 1.54) is 29.5 Å². The number of hydrogen-bond acceptors (Lipinski definition) is 4.